The number of rotatable bonds is 1. The summed E-state index contributed by atoms with van der Waals surface area (Å²) in [6, 6.07) is 2.13. The molecule has 32 heavy (non-hydrogen) atoms. The van der Waals surface area contributed by atoms with Crippen LogP contribution in [-0.4, -0.2) is 28.6 Å². The van der Waals surface area contributed by atoms with Crippen LogP contribution in [0, 0.1) is 35.5 Å². The highest BCUT2D eigenvalue weighted by atomic mass is 16.6. The van der Waals surface area contributed by atoms with Gasteiger partial charge in [-0.2, -0.15) is 0 Å². The summed E-state index contributed by atoms with van der Waals surface area (Å²) in [6.07, 6.45) is 9.19. The molecule has 172 valence electrons. The Morgan fingerprint density at radius 3 is 2.62 bits per heavy atom. The van der Waals surface area contributed by atoms with E-state index in [2.05, 4.69) is 19.9 Å². The van der Waals surface area contributed by atoms with E-state index in [0.717, 1.165) is 43.4 Å². The van der Waals surface area contributed by atoms with Crippen LogP contribution in [0.15, 0.2) is 28.4 Å². The molecule has 5 heteroatoms. The molecule has 1 aliphatic heterocycles. The second kappa shape index (κ2) is 6.59. The van der Waals surface area contributed by atoms with Gasteiger partial charge in [-0.25, -0.2) is 0 Å². The first kappa shape index (κ1) is 20.7. The molecule has 4 fully saturated rings. The average molecular weight is 439 g/mol. The van der Waals surface area contributed by atoms with Gasteiger partial charge in [0.15, 0.2) is 5.78 Å². The fourth-order valence-corrected chi connectivity index (χ4v) is 8.89. The number of ketones is 1. The second-order valence-corrected chi connectivity index (χ2v) is 11.8. The Labute approximate surface area is 189 Å². The monoisotopic (exact) mass is 438 g/mol. The molecule has 6 rings (SSSR count). The van der Waals surface area contributed by atoms with Gasteiger partial charge in [-0.15, -0.1) is 0 Å². The number of aliphatic hydroxyl groups is 1. The number of allylic oxidation sites excluding steroid dienone is 1. The lowest BCUT2D eigenvalue weighted by molar-refractivity contribution is -0.188. The summed E-state index contributed by atoms with van der Waals surface area (Å²) in [6.45, 7) is 6.59. The van der Waals surface area contributed by atoms with Crippen LogP contribution in [0.4, 0.5) is 0 Å². The summed E-state index contributed by atoms with van der Waals surface area (Å²) in [4.78, 5) is 24.6. The van der Waals surface area contributed by atoms with Crippen molar-refractivity contribution in [2.45, 2.75) is 89.8 Å². The molecule has 1 aromatic heterocycles. The van der Waals surface area contributed by atoms with Crippen LogP contribution >= 0.6 is 0 Å². The predicted molar refractivity (Wildman–Crippen MR) is 118 cm³/mol. The van der Waals surface area contributed by atoms with E-state index in [1.807, 2.05) is 19.3 Å². The van der Waals surface area contributed by atoms with Gasteiger partial charge in [0.1, 0.15) is 11.4 Å². The zero-order chi connectivity index (χ0) is 22.5. The van der Waals surface area contributed by atoms with Crippen molar-refractivity contribution in [2.24, 2.45) is 28.6 Å². The Morgan fingerprint density at radius 1 is 1.12 bits per heavy atom. The Kier molecular flexibility index (Phi) is 4.26. The predicted octanol–water partition coefficient (Wildman–Crippen LogP) is 4.86. The largest absolute Gasteiger partial charge is 0.469 e. The van der Waals surface area contributed by atoms with E-state index in [-0.39, 0.29) is 40.3 Å². The van der Waals surface area contributed by atoms with Crippen molar-refractivity contribution in [3.05, 3.63) is 35.3 Å². The molecule has 0 aromatic carbocycles. The van der Waals surface area contributed by atoms with Gasteiger partial charge in [-0.1, -0.05) is 19.4 Å². The van der Waals surface area contributed by atoms with Crippen LogP contribution in [0.1, 0.15) is 82.5 Å². The standard InChI is InChI=1S/C27H34O5/c1-15-10-21(31-14-15)18-12-16-11-17(28)4-7-25(16,2)24-20(29)13-26(3)19(23(18)24)5-8-27(26)9-6-22(30)32-27/h10-11,14,18-20,23-24,29H,4-9,12-13H2,1-3H3/t18-,19-,20+,23-,24-,25-,26-,27+/m0/s1. The number of hydrogen-bond acceptors (Lipinski definition) is 5. The van der Waals surface area contributed by atoms with Crippen molar-refractivity contribution in [2.75, 3.05) is 0 Å². The minimum atomic E-state index is -0.490. The molecule has 0 amide bonds. The van der Waals surface area contributed by atoms with Gasteiger partial charge in [0.05, 0.1) is 12.4 Å². The van der Waals surface area contributed by atoms with Crippen LogP contribution in [0.2, 0.25) is 0 Å². The van der Waals surface area contributed by atoms with E-state index in [0.29, 0.717) is 25.2 Å². The van der Waals surface area contributed by atoms with E-state index in [1.54, 1.807) is 0 Å². The Balaban J connectivity index is 1.50. The maximum absolute atomic E-state index is 12.4. The number of aryl methyl sites for hydroxylation is 1. The molecule has 0 unspecified atom stereocenters. The van der Waals surface area contributed by atoms with Crippen molar-refractivity contribution in [1.29, 1.82) is 0 Å². The fraction of sp³-hybridized carbons (Fsp3) is 0.704. The number of carbonyl (C=O) groups excluding carboxylic acids is 2. The van der Waals surface area contributed by atoms with Gasteiger partial charge in [0.25, 0.3) is 0 Å². The van der Waals surface area contributed by atoms with Gasteiger partial charge in [-0.05, 0) is 86.3 Å². The third kappa shape index (κ3) is 2.55. The number of esters is 1. The molecule has 1 spiro atoms. The fourth-order valence-electron chi connectivity index (χ4n) is 8.89. The highest BCUT2D eigenvalue weighted by molar-refractivity contribution is 5.91. The number of furan rings is 1. The zero-order valence-electron chi connectivity index (χ0n) is 19.4. The first-order valence-corrected chi connectivity index (χ1v) is 12.4. The van der Waals surface area contributed by atoms with Crippen LogP contribution in [0.25, 0.3) is 0 Å². The summed E-state index contributed by atoms with van der Waals surface area (Å²) in [5.41, 5.74) is 1.45. The molecule has 0 bridgehead atoms. The Morgan fingerprint density at radius 2 is 1.94 bits per heavy atom. The lowest BCUT2D eigenvalue weighted by atomic mass is 9.43. The number of hydrogen-bond donors (Lipinski definition) is 1. The summed E-state index contributed by atoms with van der Waals surface area (Å²) in [5, 5.41) is 11.8. The van der Waals surface area contributed by atoms with Crippen molar-refractivity contribution in [3.63, 3.8) is 0 Å². The molecule has 1 N–H and O–H groups in total. The smallest absolute Gasteiger partial charge is 0.306 e. The molecule has 5 aliphatic rings. The zero-order valence-corrected chi connectivity index (χ0v) is 19.4. The minimum Gasteiger partial charge on any atom is -0.469 e. The van der Waals surface area contributed by atoms with E-state index >= 15 is 0 Å². The molecular weight excluding hydrogens is 404 g/mol. The van der Waals surface area contributed by atoms with Gasteiger partial charge in [0.2, 0.25) is 0 Å². The number of carbonyl (C=O) groups is 2. The molecule has 4 aliphatic carbocycles. The van der Waals surface area contributed by atoms with Gasteiger partial charge >= 0.3 is 5.97 Å². The maximum atomic E-state index is 12.4. The van der Waals surface area contributed by atoms with Crippen molar-refractivity contribution in [3.8, 4) is 0 Å². The van der Waals surface area contributed by atoms with Crippen molar-refractivity contribution in [1.82, 2.24) is 0 Å². The van der Waals surface area contributed by atoms with E-state index in [9.17, 15) is 14.7 Å². The molecule has 0 radical (unpaired) electrons. The van der Waals surface area contributed by atoms with Crippen LogP contribution in [0.5, 0.6) is 0 Å². The molecule has 5 nitrogen and oxygen atoms in total. The number of aliphatic hydroxyl groups excluding tert-OH is 1. The topological polar surface area (TPSA) is 76.7 Å². The summed E-state index contributed by atoms with van der Waals surface area (Å²) < 4.78 is 12.1. The Bertz CT molecular complexity index is 1020. The molecule has 2 heterocycles. The molecule has 3 saturated carbocycles. The summed E-state index contributed by atoms with van der Waals surface area (Å²) >= 11 is 0. The van der Waals surface area contributed by atoms with E-state index < -0.39 is 11.7 Å². The normalized spacial score (nSPS) is 47.6. The summed E-state index contributed by atoms with van der Waals surface area (Å²) in [5.74, 6) is 1.89. The highest BCUT2D eigenvalue weighted by Gasteiger charge is 2.70. The quantitative estimate of drug-likeness (QED) is 0.634. The van der Waals surface area contributed by atoms with Gasteiger partial charge in [-0.3, -0.25) is 9.59 Å². The molecule has 8 atom stereocenters. The first-order valence-electron chi connectivity index (χ1n) is 12.4. The second-order valence-electron chi connectivity index (χ2n) is 11.8. The van der Waals surface area contributed by atoms with Gasteiger partial charge < -0.3 is 14.3 Å². The molecule has 1 aromatic rings. The average Bonchev–Trinajstić information content (AvgIpc) is 3.40. The Hall–Kier alpha value is -1.88. The number of fused-ring (bicyclic) bond motifs is 6. The lowest BCUT2D eigenvalue weighted by Crippen LogP contribution is -2.61. The highest BCUT2D eigenvalue weighted by Crippen LogP contribution is 2.71. The van der Waals surface area contributed by atoms with Crippen LogP contribution in [-0.2, 0) is 14.3 Å². The molecular formula is C27H34O5. The lowest BCUT2D eigenvalue weighted by Gasteiger charge is -2.62. The molecule has 1 saturated heterocycles. The van der Waals surface area contributed by atoms with Crippen LogP contribution in [0.3, 0.4) is 0 Å². The van der Waals surface area contributed by atoms with E-state index in [1.165, 1.54) is 5.57 Å². The third-order valence-corrected chi connectivity index (χ3v) is 10.4. The first-order chi connectivity index (χ1) is 15.2. The van der Waals surface area contributed by atoms with Crippen molar-refractivity contribution < 1.29 is 23.8 Å². The SMILES string of the molecule is Cc1coc([C@@H]2CC3=CC(=O)CC[C@]3(C)[C@@H]3[C@@H]2[C@@H]2CC[C@@]4(CCC(=O)O4)[C@@]2(C)C[C@H]3O)c1. The summed E-state index contributed by atoms with van der Waals surface area (Å²) in [7, 11) is 0. The third-order valence-electron chi connectivity index (χ3n) is 10.4. The van der Waals surface area contributed by atoms with Crippen LogP contribution < -0.4 is 0 Å². The van der Waals surface area contributed by atoms with Crippen molar-refractivity contribution >= 4 is 11.8 Å². The van der Waals surface area contributed by atoms with E-state index in [4.69, 9.17) is 9.15 Å². The minimum absolute atomic E-state index is 0.0799. The van der Waals surface area contributed by atoms with Gasteiger partial charge in [0, 0.05) is 24.2 Å². The number of ether oxygens (including phenoxy) is 1. The maximum Gasteiger partial charge on any atom is 0.306 e.